The molecule has 0 N–H and O–H groups in total. The molecular formula is C16H21NO. The van der Waals surface area contributed by atoms with Crippen molar-refractivity contribution in [2.75, 3.05) is 11.4 Å². The third-order valence-electron chi connectivity index (χ3n) is 4.60. The van der Waals surface area contributed by atoms with Gasteiger partial charge in [0.25, 0.3) is 0 Å². The monoisotopic (exact) mass is 243 g/mol. The molecule has 0 aromatic heterocycles. The first-order chi connectivity index (χ1) is 8.88. The van der Waals surface area contributed by atoms with E-state index in [2.05, 4.69) is 17.0 Å². The summed E-state index contributed by atoms with van der Waals surface area (Å²) >= 11 is 0. The van der Waals surface area contributed by atoms with Gasteiger partial charge >= 0.3 is 0 Å². The largest absolute Gasteiger partial charge is 0.368 e. The third-order valence-corrected chi connectivity index (χ3v) is 4.60. The standard InChI is InChI=1S/C16H21NO/c18-12-13-7-9-15(10-8-13)17-11-3-5-14-4-1-2-6-16(14)17/h7-10,12,14,16H,1-6,11H2. The van der Waals surface area contributed by atoms with Crippen molar-refractivity contribution < 1.29 is 4.79 Å². The van der Waals surface area contributed by atoms with Crippen molar-refractivity contribution in [1.29, 1.82) is 0 Å². The number of carbonyl (C=O) groups is 1. The summed E-state index contributed by atoms with van der Waals surface area (Å²) in [6.45, 7) is 1.18. The normalized spacial score (nSPS) is 27.7. The van der Waals surface area contributed by atoms with E-state index in [0.717, 1.165) is 23.8 Å². The predicted molar refractivity (Wildman–Crippen MR) is 74.2 cm³/mol. The fourth-order valence-electron chi connectivity index (χ4n) is 3.69. The molecule has 3 rings (SSSR count). The molecule has 2 fully saturated rings. The number of carbonyl (C=O) groups excluding carboxylic acids is 1. The van der Waals surface area contributed by atoms with Crippen LogP contribution in [0, 0.1) is 5.92 Å². The van der Waals surface area contributed by atoms with Gasteiger partial charge in [-0.1, -0.05) is 12.8 Å². The van der Waals surface area contributed by atoms with Crippen LogP contribution in [-0.2, 0) is 0 Å². The lowest BCUT2D eigenvalue weighted by atomic mass is 9.78. The number of nitrogens with zero attached hydrogens (tertiary/aromatic N) is 1. The number of anilines is 1. The molecule has 2 unspecified atom stereocenters. The molecule has 0 radical (unpaired) electrons. The molecule has 2 heteroatoms. The fourth-order valence-corrected chi connectivity index (χ4v) is 3.69. The van der Waals surface area contributed by atoms with Crippen molar-refractivity contribution in [1.82, 2.24) is 0 Å². The Labute approximate surface area is 109 Å². The highest BCUT2D eigenvalue weighted by Gasteiger charge is 2.33. The van der Waals surface area contributed by atoms with Crippen LogP contribution in [0.15, 0.2) is 24.3 Å². The van der Waals surface area contributed by atoms with Crippen LogP contribution in [0.5, 0.6) is 0 Å². The Bertz CT molecular complexity index is 410. The topological polar surface area (TPSA) is 20.3 Å². The molecule has 1 heterocycles. The van der Waals surface area contributed by atoms with Gasteiger partial charge in [-0.2, -0.15) is 0 Å². The Hall–Kier alpha value is -1.31. The Morgan fingerprint density at radius 3 is 2.50 bits per heavy atom. The summed E-state index contributed by atoms with van der Waals surface area (Å²) < 4.78 is 0. The number of hydrogen-bond donors (Lipinski definition) is 0. The van der Waals surface area contributed by atoms with Gasteiger partial charge in [-0.3, -0.25) is 4.79 Å². The predicted octanol–water partition coefficient (Wildman–Crippen LogP) is 3.66. The molecule has 1 aliphatic heterocycles. The van der Waals surface area contributed by atoms with Crippen molar-refractivity contribution in [3.8, 4) is 0 Å². The number of benzene rings is 1. The summed E-state index contributed by atoms with van der Waals surface area (Å²) in [5.74, 6) is 0.901. The Morgan fingerprint density at radius 2 is 1.72 bits per heavy atom. The van der Waals surface area contributed by atoms with Crippen LogP contribution in [0.3, 0.4) is 0 Å². The van der Waals surface area contributed by atoms with Crippen molar-refractivity contribution in [3.63, 3.8) is 0 Å². The van der Waals surface area contributed by atoms with E-state index in [1.165, 1.54) is 50.8 Å². The van der Waals surface area contributed by atoms with Crippen LogP contribution in [0.4, 0.5) is 5.69 Å². The minimum Gasteiger partial charge on any atom is -0.368 e. The molecule has 1 aromatic rings. The second kappa shape index (κ2) is 5.13. The first kappa shape index (κ1) is 11.8. The van der Waals surface area contributed by atoms with Crippen molar-refractivity contribution >= 4 is 12.0 Å². The van der Waals surface area contributed by atoms with Crippen molar-refractivity contribution in [2.45, 2.75) is 44.6 Å². The molecule has 1 aliphatic carbocycles. The van der Waals surface area contributed by atoms with Gasteiger partial charge in [0.2, 0.25) is 0 Å². The van der Waals surface area contributed by atoms with Gasteiger partial charge in [-0.05, 0) is 55.9 Å². The van der Waals surface area contributed by atoms with Gasteiger partial charge < -0.3 is 4.90 Å². The van der Waals surface area contributed by atoms with Gasteiger partial charge in [0.05, 0.1) is 0 Å². The quantitative estimate of drug-likeness (QED) is 0.739. The molecule has 0 spiro atoms. The van der Waals surface area contributed by atoms with Gasteiger partial charge in [0.15, 0.2) is 0 Å². The van der Waals surface area contributed by atoms with Crippen LogP contribution in [0.1, 0.15) is 48.9 Å². The van der Waals surface area contributed by atoms with E-state index in [1.807, 2.05) is 12.1 Å². The number of piperidine rings is 1. The maximum Gasteiger partial charge on any atom is 0.150 e. The molecule has 2 aliphatic rings. The molecule has 96 valence electrons. The second-order valence-corrected chi connectivity index (χ2v) is 5.66. The van der Waals surface area contributed by atoms with E-state index in [-0.39, 0.29) is 0 Å². The summed E-state index contributed by atoms with van der Waals surface area (Å²) in [7, 11) is 0. The first-order valence-electron chi connectivity index (χ1n) is 7.20. The fraction of sp³-hybridized carbons (Fsp3) is 0.562. The molecule has 2 atom stereocenters. The third kappa shape index (κ3) is 2.16. The summed E-state index contributed by atoms with van der Waals surface area (Å²) in [6, 6.07) is 8.85. The van der Waals surface area contributed by atoms with Crippen LogP contribution in [0.25, 0.3) is 0 Å². The lowest BCUT2D eigenvalue weighted by Gasteiger charge is -2.45. The van der Waals surface area contributed by atoms with E-state index < -0.39 is 0 Å². The van der Waals surface area contributed by atoms with Crippen LogP contribution >= 0.6 is 0 Å². The van der Waals surface area contributed by atoms with Gasteiger partial charge in [0.1, 0.15) is 6.29 Å². The minimum absolute atomic E-state index is 0.745. The zero-order valence-electron chi connectivity index (χ0n) is 10.8. The molecule has 2 nitrogen and oxygen atoms in total. The lowest BCUT2D eigenvalue weighted by molar-refractivity contribution is 0.112. The minimum atomic E-state index is 0.745. The summed E-state index contributed by atoms with van der Waals surface area (Å²) in [5.41, 5.74) is 2.08. The Kier molecular flexibility index (Phi) is 3.35. The Balaban J connectivity index is 1.82. The number of hydrogen-bond acceptors (Lipinski definition) is 2. The molecule has 18 heavy (non-hydrogen) atoms. The van der Waals surface area contributed by atoms with Crippen molar-refractivity contribution in [2.24, 2.45) is 5.92 Å². The smallest absolute Gasteiger partial charge is 0.150 e. The van der Waals surface area contributed by atoms with E-state index >= 15 is 0 Å². The molecular weight excluding hydrogens is 222 g/mol. The lowest BCUT2D eigenvalue weighted by Crippen LogP contribution is -2.46. The second-order valence-electron chi connectivity index (χ2n) is 5.66. The molecule has 1 aromatic carbocycles. The maximum absolute atomic E-state index is 10.7. The number of fused-ring (bicyclic) bond motifs is 1. The zero-order chi connectivity index (χ0) is 12.4. The van der Waals surface area contributed by atoms with E-state index in [4.69, 9.17) is 0 Å². The van der Waals surface area contributed by atoms with E-state index in [0.29, 0.717) is 0 Å². The number of rotatable bonds is 2. The molecule has 1 saturated carbocycles. The van der Waals surface area contributed by atoms with Crippen LogP contribution in [-0.4, -0.2) is 18.9 Å². The summed E-state index contributed by atoms with van der Waals surface area (Å²) in [4.78, 5) is 13.3. The highest BCUT2D eigenvalue weighted by atomic mass is 16.1. The van der Waals surface area contributed by atoms with Gasteiger partial charge in [-0.15, -0.1) is 0 Å². The average molecular weight is 243 g/mol. The van der Waals surface area contributed by atoms with Crippen molar-refractivity contribution in [3.05, 3.63) is 29.8 Å². The molecule has 1 saturated heterocycles. The zero-order valence-corrected chi connectivity index (χ0v) is 10.8. The van der Waals surface area contributed by atoms with Crippen LogP contribution in [0.2, 0.25) is 0 Å². The molecule has 0 bridgehead atoms. The maximum atomic E-state index is 10.7. The van der Waals surface area contributed by atoms with Gasteiger partial charge in [-0.25, -0.2) is 0 Å². The Morgan fingerprint density at radius 1 is 1.00 bits per heavy atom. The van der Waals surface area contributed by atoms with E-state index in [1.54, 1.807) is 0 Å². The highest BCUT2D eigenvalue weighted by Crippen LogP contribution is 2.37. The summed E-state index contributed by atoms with van der Waals surface area (Å²) in [6.07, 6.45) is 9.20. The number of aldehydes is 1. The van der Waals surface area contributed by atoms with Gasteiger partial charge in [0, 0.05) is 23.8 Å². The molecule has 0 amide bonds. The highest BCUT2D eigenvalue weighted by molar-refractivity contribution is 5.75. The van der Waals surface area contributed by atoms with E-state index in [9.17, 15) is 4.79 Å². The average Bonchev–Trinajstić information content (AvgIpc) is 2.47. The SMILES string of the molecule is O=Cc1ccc(N2CCCC3CCCCC32)cc1. The van der Waals surface area contributed by atoms with Crippen LogP contribution < -0.4 is 4.90 Å². The first-order valence-corrected chi connectivity index (χ1v) is 7.20. The summed E-state index contributed by atoms with van der Waals surface area (Å²) in [5, 5.41) is 0.